The summed E-state index contributed by atoms with van der Waals surface area (Å²) in [6, 6.07) is 3.73. The largest absolute Gasteiger partial charge is 0.395 e. The third-order valence-corrected chi connectivity index (χ3v) is 3.60. The smallest absolute Gasteiger partial charge is 0.195 e. The number of benzene rings is 1. The van der Waals surface area contributed by atoms with Crippen molar-refractivity contribution in [2.45, 2.75) is 4.90 Å². The lowest BCUT2D eigenvalue weighted by atomic mass is 10.3. The second-order valence-electron chi connectivity index (χ2n) is 2.92. The molecule has 0 spiro atoms. The van der Waals surface area contributed by atoms with Gasteiger partial charge in [0, 0.05) is 0 Å². The summed E-state index contributed by atoms with van der Waals surface area (Å²) in [6.07, 6.45) is 0. The predicted molar refractivity (Wildman–Crippen MR) is 58.1 cm³/mol. The highest BCUT2D eigenvalue weighted by Gasteiger charge is 2.15. The lowest BCUT2D eigenvalue weighted by Gasteiger charge is -2.03. The van der Waals surface area contributed by atoms with E-state index in [1.807, 2.05) is 0 Å². The molecule has 0 aliphatic rings. The van der Waals surface area contributed by atoms with Gasteiger partial charge in [-0.25, -0.2) is 8.42 Å². The Balaban J connectivity index is 3.32. The number of hydrogen-bond donors (Lipinski definition) is 1. The average molecular weight is 236 g/mol. The minimum atomic E-state index is -3.56. The molecule has 1 rings (SSSR count). The van der Waals surface area contributed by atoms with E-state index >= 15 is 0 Å². The van der Waals surface area contributed by atoms with Crippen molar-refractivity contribution in [3.63, 3.8) is 0 Å². The van der Waals surface area contributed by atoms with Crippen molar-refractivity contribution >= 4 is 21.2 Å². The van der Waals surface area contributed by atoms with Crippen molar-refractivity contribution in [2.24, 2.45) is 0 Å². The number of hydrogen-bond acceptors (Lipinski definition) is 3. The van der Waals surface area contributed by atoms with Gasteiger partial charge in [0.2, 0.25) is 0 Å². The molecule has 0 aliphatic carbocycles. The van der Waals surface area contributed by atoms with E-state index in [1.54, 1.807) is 0 Å². The van der Waals surface area contributed by atoms with Crippen LogP contribution in [0.4, 0.5) is 11.4 Å². The van der Waals surface area contributed by atoms with E-state index in [-0.39, 0.29) is 22.0 Å². The van der Waals surface area contributed by atoms with Crippen LogP contribution < -0.4 is 0 Å². The Morgan fingerprint density at radius 1 is 1.19 bits per heavy atom. The molecule has 1 aromatic rings. The molecular weight excluding hydrogens is 228 g/mol. The van der Waals surface area contributed by atoms with E-state index in [0.717, 1.165) is 6.07 Å². The second kappa shape index (κ2) is 4.75. The van der Waals surface area contributed by atoms with E-state index in [0.29, 0.717) is 0 Å². The van der Waals surface area contributed by atoms with Crippen molar-refractivity contribution < 1.29 is 13.5 Å². The van der Waals surface area contributed by atoms with Crippen molar-refractivity contribution in [3.05, 3.63) is 41.0 Å². The van der Waals surface area contributed by atoms with Gasteiger partial charge in [0.1, 0.15) is 0 Å². The number of aliphatic hydroxyl groups is 1. The fourth-order valence-electron chi connectivity index (χ4n) is 1.12. The van der Waals surface area contributed by atoms with Gasteiger partial charge in [0.15, 0.2) is 21.2 Å². The molecule has 0 aromatic heterocycles. The first-order chi connectivity index (χ1) is 7.55. The Labute approximate surface area is 93.5 Å². The Bertz CT molecular complexity index is 579. The molecule has 0 atom stereocenters. The van der Waals surface area contributed by atoms with E-state index in [1.165, 1.54) is 12.1 Å². The van der Waals surface area contributed by atoms with Crippen molar-refractivity contribution in [1.82, 2.24) is 0 Å². The van der Waals surface area contributed by atoms with Gasteiger partial charge in [-0.05, 0) is 6.07 Å². The molecule has 0 bridgehead atoms. The van der Waals surface area contributed by atoms with Crippen LogP contribution in [0.25, 0.3) is 9.69 Å². The topological polar surface area (TPSA) is 63.1 Å². The molecule has 0 saturated carbocycles. The highest BCUT2D eigenvalue weighted by Crippen LogP contribution is 2.30. The first-order valence-corrected chi connectivity index (χ1v) is 5.93. The zero-order valence-electron chi connectivity index (χ0n) is 8.21. The van der Waals surface area contributed by atoms with Gasteiger partial charge in [-0.3, -0.25) is 9.69 Å². The van der Waals surface area contributed by atoms with Gasteiger partial charge in [-0.15, -0.1) is 0 Å². The molecule has 6 heteroatoms. The fourth-order valence-corrected chi connectivity index (χ4v) is 2.16. The lowest BCUT2D eigenvalue weighted by molar-refractivity contribution is 0.319. The molecule has 1 aromatic carbocycles. The van der Waals surface area contributed by atoms with Crippen LogP contribution in [0.3, 0.4) is 0 Å². The Morgan fingerprint density at radius 3 is 2.31 bits per heavy atom. The maximum atomic E-state index is 11.6. The van der Waals surface area contributed by atoms with E-state index in [4.69, 9.17) is 18.3 Å². The minimum Gasteiger partial charge on any atom is -0.395 e. The Hall–Kier alpha value is -1.89. The zero-order valence-corrected chi connectivity index (χ0v) is 9.03. The van der Waals surface area contributed by atoms with Crippen LogP contribution in [-0.4, -0.2) is 25.9 Å². The lowest BCUT2D eigenvalue weighted by Crippen LogP contribution is -2.09. The first-order valence-electron chi connectivity index (χ1n) is 4.27. The van der Waals surface area contributed by atoms with Crippen LogP contribution in [0.2, 0.25) is 0 Å². The summed E-state index contributed by atoms with van der Waals surface area (Å²) in [5.41, 5.74) is 0.131. The highest BCUT2D eigenvalue weighted by molar-refractivity contribution is 7.91. The third kappa shape index (κ3) is 2.37. The molecule has 82 valence electrons. The number of rotatable bonds is 3. The van der Waals surface area contributed by atoms with Crippen LogP contribution in [0, 0.1) is 13.1 Å². The molecule has 0 heterocycles. The van der Waals surface area contributed by atoms with Crippen molar-refractivity contribution in [2.75, 3.05) is 12.4 Å². The number of nitrogens with zero attached hydrogens (tertiary/aromatic N) is 2. The van der Waals surface area contributed by atoms with Crippen LogP contribution in [0.5, 0.6) is 0 Å². The van der Waals surface area contributed by atoms with Crippen LogP contribution in [0.1, 0.15) is 0 Å². The summed E-state index contributed by atoms with van der Waals surface area (Å²) in [7, 11) is -3.56. The molecule has 0 unspecified atom stereocenters. The number of aliphatic hydroxyl groups excluding tert-OH is 1. The summed E-state index contributed by atoms with van der Waals surface area (Å²) < 4.78 is 23.1. The van der Waals surface area contributed by atoms with Gasteiger partial charge >= 0.3 is 0 Å². The van der Waals surface area contributed by atoms with Crippen LogP contribution >= 0.6 is 0 Å². The summed E-state index contributed by atoms with van der Waals surface area (Å²) in [6.45, 7) is 13.1. The van der Waals surface area contributed by atoms with E-state index in [9.17, 15) is 8.42 Å². The van der Waals surface area contributed by atoms with Gasteiger partial charge in [0.05, 0.1) is 30.4 Å². The van der Waals surface area contributed by atoms with Crippen molar-refractivity contribution in [1.29, 1.82) is 0 Å². The highest BCUT2D eigenvalue weighted by atomic mass is 32.2. The van der Waals surface area contributed by atoms with E-state index in [2.05, 4.69) is 9.69 Å². The molecule has 0 aliphatic heterocycles. The molecule has 1 N–H and O–H groups in total. The molecule has 0 radical (unpaired) electrons. The second-order valence-corrected chi connectivity index (χ2v) is 5.03. The normalized spacial score (nSPS) is 10.4. The SMILES string of the molecule is [C-]#[N+]c1ccc(S(=O)(=O)CCO)cc1[N+]#[C-]. The predicted octanol–water partition coefficient (Wildman–Crippen LogP) is 1.55. The summed E-state index contributed by atoms with van der Waals surface area (Å²) >= 11 is 0. The quantitative estimate of drug-likeness (QED) is 0.810. The maximum Gasteiger partial charge on any atom is 0.195 e. The van der Waals surface area contributed by atoms with Gasteiger partial charge in [-0.2, -0.15) is 0 Å². The first kappa shape index (κ1) is 12.2. The zero-order chi connectivity index (χ0) is 12.2. The van der Waals surface area contributed by atoms with Crippen LogP contribution in [0.15, 0.2) is 23.1 Å². The molecule has 5 nitrogen and oxygen atoms in total. The maximum absolute atomic E-state index is 11.6. The van der Waals surface area contributed by atoms with Gasteiger partial charge in [0.25, 0.3) is 0 Å². The van der Waals surface area contributed by atoms with Gasteiger partial charge < -0.3 is 5.11 Å². The summed E-state index contributed by atoms with van der Waals surface area (Å²) in [4.78, 5) is 6.15. The fraction of sp³-hybridized carbons (Fsp3) is 0.200. The summed E-state index contributed by atoms with van der Waals surface area (Å²) in [5, 5.41) is 8.60. The molecule has 16 heavy (non-hydrogen) atoms. The monoisotopic (exact) mass is 236 g/mol. The molecule has 0 saturated heterocycles. The van der Waals surface area contributed by atoms with Crippen molar-refractivity contribution in [3.8, 4) is 0 Å². The van der Waals surface area contributed by atoms with E-state index < -0.39 is 16.4 Å². The Morgan fingerprint density at radius 2 is 1.81 bits per heavy atom. The Kier molecular flexibility index (Phi) is 3.62. The molecule has 0 amide bonds. The molecular formula is C10H8N2O3S. The minimum absolute atomic E-state index is 0.00835. The molecule has 0 fully saturated rings. The van der Waals surface area contributed by atoms with Crippen LogP contribution in [-0.2, 0) is 9.84 Å². The third-order valence-electron chi connectivity index (χ3n) is 1.91. The standard InChI is InChI=1S/C10H8N2O3S/c1-11-9-4-3-8(7-10(9)12-2)16(14,15)6-5-13/h3-4,7,13H,5-6H2. The van der Waals surface area contributed by atoms with Gasteiger partial charge in [-0.1, -0.05) is 12.1 Å². The number of sulfone groups is 1. The summed E-state index contributed by atoms with van der Waals surface area (Å²) in [5.74, 6) is -0.387. The average Bonchev–Trinajstić information content (AvgIpc) is 2.28.